The molecule has 2 fully saturated rings. The van der Waals surface area contributed by atoms with Crippen LogP contribution >= 0.6 is 0 Å². The number of piperidine rings is 1. The summed E-state index contributed by atoms with van der Waals surface area (Å²) in [6.07, 6.45) is 6.31. The summed E-state index contributed by atoms with van der Waals surface area (Å²) in [6, 6.07) is 3.97. The number of hydrogen-bond donors (Lipinski definition) is 0. The number of carbonyl (C=O) groups is 2. The van der Waals surface area contributed by atoms with E-state index in [9.17, 15) is 9.59 Å². The lowest BCUT2D eigenvalue weighted by atomic mass is 9.92. The van der Waals surface area contributed by atoms with Crippen molar-refractivity contribution in [3.8, 4) is 11.3 Å². The van der Waals surface area contributed by atoms with Gasteiger partial charge in [0.1, 0.15) is 11.5 Å². The summed E-state index contributed by atoms with van der Waals surface area (Å²) < 4.78 is 7.62. The lowest BCUT2D eigenvalue weighted by molar-refractivity contribution is -0.131. The normalized spacial score (nSPS) is 17.2. The second-order valence-corrected chi connectivity index (χ2v) is 10.3. The SMILES string of the molecule is Cc1cc(-c2cc(C(=O)N3CCC(CC(=O)N4CCCC4)CC3)c3cnn(C(C)C)c3n2)c(C)o1. The quantitative estimate of drug-likeness (QED) is 0.529. The Bertz CT molecular complexity index is 1240. The Kier molecular flexibility index (Phi) is 6.38. The molecule has 0 unspecified atom stereocenters. The van der Waals surface area contributed by atoms with E-state index in [2.05, 4.69) is 18.9 Å². The molecule has 0 bridgehead atoms. The summed E-state index contributed by atoms with van der Waals surface area (Å²) in [6.45, 7) is 11.1. The Labute approximate surface area is 206 Å². The number of hydrogen-bond acceptors (Lipinski definition) is 5. The third kappa shape index (κ3) is 4.58. The fraction of sp³-hybridized carbons (Fsp3) is 0.556. The Hall–Kier alpha value is -3.16. The highest BCUT2D eigenvalue weighted by Gasteiger charge is 2.29. The molecule has 186 valence electrons. The minimum absolute atomic E-state index is 0.00384. The molecule has 0 aliphatic carbocycles. The summed E-state index contributed by atoms with van der Waals surface area (Å²) in [5, 5.41) is 5.32. The predicted octanol–water partition coefficient (Wildman–Crippen LogP) is 4.75. The Morgan fingerprint density at radius 2 is 1.77 bits per heavy atom. The molecular weight excluding hydrogens is 442 g/mol. The van der Waals surface area contributed by atoms with Gasteiger partial charge in [0.05, 0.1) is 22.8 Å². The smallest absolute Gasteiger partial charge is 0.254 e. The maximum absolute atomic E-state index is 13.8. The minimum Gasteiger partial charge on any atom is -0.466 e. The van der Waals surface area contributed by atoms with E-state index in [0.29, 0.717) is 36.6 Å². The van der Waals surface area contributed by atoms with E-state index >= 15 is 0 Å². The molecule has 3 aromatic heterocycles. The fourth-order valence-corrected chi connectivity index (χ4v) is 5.45. The number of amides is 2. The van der Waals surface area contributed by atoms with E-state index in [-0.39, 0.29) is 17.9 Å². The van der Waals surface area contributed by atoms with Crippen LogP contribution in [0.5, 0.6) is 0 Å². The molecule has 0 aromatic carbocycles. The van der Waals surface area contributed by atoms with Crippen molar-refractivity contribution in [1.29, 1.82) is 0 Å². The van der Waals surface area contributed by atoms with Crippen molar-refractivity contribution in [3.63, 3.8) is 0 Å². The first kappa shape index (κ1) is 23.6. The topological polar surface area (TPSA) is 84.5 Å². The lowest BCUT2D eigenvalue weighted by Crippen LogP contribution is -2.40. The number of aromatic nitrogens is 3. The molecule has 0 radical (unpaired) electrons. The van der Waals surface area contributed by atoms with E-state index in [0.717, 1.165) is 66.9 Å². The van der Waals surface area contributed by atoms with E-state index in [4.69, 9.17) is 9.40 Å². The van der Waals surface area contributed by atoms with Gasteiger partial charge in [-0.2, -0.15) is 5.10 Å². The summed E-state index contributed by atoms with van der Waals surface area (Å²) in [5.41, 5.74) is 2.96. The number of rotatable bonds is 5. The van der Waals surface area contributed by atoms with Gasteiger partial charge in [-0.25, -0.2) is 9.67 Å². The van der Waals surface area contributed by atoms with Crippen LogP contribution < -0.4 is 0 Å². The molecule has 3 aromatic rings. The molecule has 0 saturated carbocycles. The van der Waals surface area contributed by atoms with Gasteiger partial charge in [-0.05, 0) is 71.4 Å². The van der Waals surface area contributed by atoms with Crippen molar-refractivity contribution in [2.75, 3.05) is 26.2 Å². The van der Waals surface area contributed by atoms with Crippen LogP contribution in [0.15, 0.2) is 22.7 Å². The first-order chi connectivity index (χ1) is 16.8. The number of nitrogens with zero attached hydrogens (tertiary/aromatic N) is 5. The summed E-state index contributed by atoms with van der Waals surface area (Å²) in [4.78, 5) is 35.2. The molecule has 2 aliphatic rings. The highest BCUT2D eigenvalue weighted by molar-refractivity contribution is 6.06. The lowest BCUT2D eigenvalue weighted by Gasteiger charge is -2.32. The third-order valence-corrected chi connectivity index (χ3v) is 7.43. The predicted molar refractivity (Wildman–Crippen MR) is 134 cm³/mol. The zero-order valence-electron chi connectivity index (χ0n) is 21.2. The molecule has 0 N–H and O–H groups in total. The molecule has 2 aliphatic heterocycles. The molecule has 0 atom stereocenters. The third-order valence-electron chi connectivity index (χ3n) is 7.43. The molecule has 35 heavy (non-hydrogen) atoms. The molecule has 5 heterocycles. The number of carbonyl (C=O) groups excluding carboxylic acids is 2. The maximum Gasteiger partial charge on any atom is 0.254 e. The van der Waals surface area contributed by atoms with Crippen LogP contribution in [0.2, 0.25) is 0 Å². The summed E-state index contributed by atoms with van der Waals surface area (Å²) in [7, 11) is 0. The van der Waals surface area contributed by atoms with Crippen LogP contribution in [0.4, 0.5) is 0 Å². The number of likely N-dealkylation sites (tertiary alicyclic amines) is 2. The molecule has 5 rings (SSSR count). The zero-order chi connectivity index (χ0) is 24.7. The van der Waals surface area contributed by atoms with Gasteiger partial charge in [-0.1, -0.05) is 0 Å². The van der Waals surface area contributed by atoms with Gasteiger partial charge in [0.2, 0.25) is 5.91 Å². The van der Waals surface area contributed by atoms with Crippen LogP contribution in [0.3, 0.4) is 0 Å². The fourth-order valence-electron chi connectivity index (χ4n) is 5.45. The average Bonchev–Trinajstić information content (AvgIpc) is 3.58. The first-order valence-corrected chi connectivity index (χ1v) is 12.8. The van der Waals surface area contributed by atoms with Crippen molar-refractivity contribution in [2.24, 2.45) is 5.92 Å². The molecular formula is C27H35N5O3. The minimum atomic E-state index is 0.00384. The van der Waals surface area contributed by atoms with Crippen LogP contribution in [0.25, 0.3) is 22.3 Å². The second-order valence-electron chi connectivity index (χ2n) is 10.3. The number of furan rings is 1. The summed E-state index contributed by atoms with van der Waals surface area (Å²) in [5.74, 6) is 2.23. The number of aryl methyl sites for hydroxylation is 2. The standard InChI is InChI=1S/C27H35N5O3/c1-17(2)32-26-23(16-28-32)22(15-24(29-26)21-13-18(3)35-19(21)4)27(34)31-11-7-20(8-12-31)14-25(33)30-9-5-6-10-30/h13,15-17,20H,5-12,14H2,1-4H3. The first-order valence-electron chi connectivity index (χ1n) is 12.8. The van der Waals surface area contributed by atoms with Gasteiger partial charge >= 0.3 is 0 Å². The van der Waals surface area contributed by atoms with Crippen molar-refractivity contribution < 1.29 is 14.0 Å². The Balaban J connectivity index is 1.39. The van der Waals surface area contributed by atoms with Crippen LogP contribution in [-0.4, -0.2) is 62.6 Å². The van der Waals surface area contributed by atoms with E-state index < -0.39 is 0 Å². The molecule has 8 heteroatoms. The van der Waals surface area contributed by atoms with Crippen molar-refractivity contribution in [1.82, 2.24) is 24.6 Å². The maximum atomic E-state index is 13.8. The van der Waals surface area contributed by atoms with Gasteiger partial charge in [-0.3, -0.25) is 9.59 Å². The average molecular weight is 478 g/mol. The molecule has 2 saturated heterocycles. The van der Waals surface area contributed by atoms with E-state index in [1.54, 1.807) is 6.20 Å². The number of fused-ring (bicyclic) bond motifs is 1. The second kappa shape index (κ2) is 9.47. The summed E-state index contributed by atoms with van der Waals surface area (Å²) >= 11 is 0. The monoisotopic (exact) mass is 477 g/mol. The molecule has 0 spiro atoms. The molecule has 8 nitrogen and oxygen atoms in total. The van der Waals surface area contributed by atoms with Gasteiger partial charge in [-0.15, -0.1) is 0 Å². The Morgan fingerprint density at radius 3 is 2.40 bits per heavy atom. The molecule has 2 amide bonds. The van der Waals surface area contributed by atoms with Crippen LogP contribution in [0.1, 0.15) is 73.9 Å². The van der Waals surface area contributed by atoms with E-state index in [1.165, 1.54) is 0 Å². The van der Waals surface area contributed by atoms with Gasteiger partial charge < -0.3 is 14.2 Å². The van der Waals surface area contributed by atoms with Gasteiger partial charge in [0, 0.05) is 44.2 Å². The van der Waals surface area contributed by atoms with Gasteiger partial charge in [0.25, 0.3) is 5.91 Å². The van der Waals surface area contributed by atoms with Crippen molar-refractivity contribution in [2.45, 2.75) is 65.8 Å². The van der Waals surface area contributed by atoms with Crippen molar-refractivity contribution >= 4 is 22.8 Å². The highest BCUT2D eigenvalue weighted by Crippen LogP contribution is 2.31. The van der Waals surface area contributed by atoms with E-state index in [1.807, 2.05) is 40.5 Å². The van der Waals surface area contributed by atoms with Crippen LogP contribution in [0, 0.1) is 19.8 Å². The largest absolute Gasteiger partial charge is 0.466 e. The Morgan fingerprint density at radius 1 is 1.06 bits per heavy atom. The zero-order valence-corrected chi connectivity index (χ0v) is 21.2. The highest BCUT2D eigenvalue weighted by atomic mass is 16.3. The van der Waals surface area contributed by atoms with Crippen LogP contribution in [-0.2, 0) is 4.79 Å². The van der Waals surface area contributed by atoms with Crippen molar-refractivity contribution in [3.05, 3.63) is 35.4 Å². The van der Waals surface area contributed by atoms with Gasteiger partial charge in [0.15, 0.2) is 5.65 Å². The number of pyridine rings is 1.